The first-order chi connectivity index (χ1) is 9.63. The highest BCUT2D eigenvalue weighted by atomic mass is 35.5. The standard InChI is InChI=1S/C14H19Cl2NO3/c1-19-8-9-20-7-6-17-14(18)5-3-11-2-4-12(15)10-13(11)16/h2,4,10H,3,5-9H2,1H3,(H,17,18). The molecule has 0 unspecified atom stereocenters. The van der Waals surface area contributed by atoms with Crippen molar-refractivity contribution in [1.82, 2.24) is 5.32 Å². The van der Waals surface area contributed by atoms with E-state index in [1.807, 2.05) is 6.07 Å². The number of methoxy groups -OCH3 is 1. The smallest absolute Gasteiger partial charge is 0.220 e. The molecule has 1 aromatic carbocycles. The third kappa shape index (κ3) is 7.10. The van der Waals surface area contributed by atoms with E-state index < -0.39 is 0 Å². The molecule has 1 N–H and O–H groups in total. The third-order valence-corrected chi connectivity index (χ3v) is 3.22. The molecule has 1 aromatic rings. The zero-order valence-electron chi connectivity index (χ0n) is 11.5. The molecule has 6 heteroatoms. The molecule has 1 rings (SSSR count). The summed E-state index contributed by atoms with van der Waals surface area (Å²) in [4.78, 5) is 11.6. The quantitative estimate of drug-likeness (QED) is 0.712. The maximum Gasteiger partial charge on any atom is 0.220 e. The molecule has 1 amide bonds. The molecule has 0 aromatic heterocycles. The normalized spacial score (nSPS) is 10.6. The van der Waals surface area contributed by atoms with Crippen LogP contribution >= 0.6 is 23.2 Å². The predicted octanol–water partition coefficient (Wildman–Crippen LogP) is 2.71. The second-order valence-corrected chi connectivity index (χ2v) is 5.03. The van der Waals surface area contributed by atoms with E-state index in [0.717, 1.165) is 5.56 Å². The molecule has 0 aliphatic carbocycles. The van der Waals surface area contributed by atoms with Gasteiger partial charge in [-0.3, -0.25) is 4.79 Å². The lowest BCUT2D eigenvalue weighted by Crippen LogP contribution is -2.27. The number of carbonyl (C=O) groups is 1. The average Bonchev–Trinajstić information content (AvgIpc) is 2.41. The Hall–Kier alpha value is -0.810. The minimum Gasteiger partial charge on any atom is -0.382 e. The van der Waals surface area contributed by atoms with Gasteiger partial charge in [-0.2, -0.15) is 0 Å². The van der Waals surface area contributed by atoms with Crippen molar-refractivity contribution in [3.05, 3.63) is 33.8 Å². The Labute approximate surface area is 129 Å². The van der Waals surface area contributed by atoms with Crippen LogP contribution in [0, 0.1) is 0 Å². The topological polar surface area (TPSA) is 47.6 Å². The first-order valence-electron chi connectivity index (χ1n) is 6.41. The number of halogens is 2. The second kappa shape index (κ2) is 10.00. The molecule has 112 valence electrons. The van der Waals surface area contributed by atoms with Gasteiger partial charge in [-0.15, -0.1) is 0 Å². The van der Waals surface area contributed by atoms with Gasteiger partial charge >= 0.3 is 0 Å². The van der Waals surface area contributed by atoms with Crippen molar-refractivity contribution in [3.8, 4) is 0 Å². The largest absolute Gasteiger partial charge is 0.382 e. The summed E-state index contributed by atoms with van der Waals surface area (Å²) in [6, 6.07) is 5.29. The third-order valence-electron chi connectivity index (χ3n) is 2.64. The zero-order valence-corrected chi connectivity index (χ0v) is 13.0. The van der Waals surface area contributed by atoms with Gasteiger partial charge in [0.05, 0.1) is 19.8 Å². The summed E-state index contributed by atoms with van der Waals surface area (Å²) in [6.45, 7) is 2.07. The lowest BCUT2D eigenvalue weighted by Gasteiger charge is -2.07. The predicted molar refractivity (Wildman–Crippen MR) is 80.5 cm³/mol. The highest BCUT2D eigenvalue weighted by molar-refractivity contribution is 6.35. The SMILES string of the molecule is COCCOCCNC(=O)CCc1ccc(Cl)cc1Cl. The monoisotopic (exact) mass is 319 g/mol. The molecule has 0 aliphatic heterocycles. The van der Waals surface area contributed by atoms with Crippen molar-refractivity contribution in [2.45, 2.75) is 12.8 Å². The summed E-state index contributed by atoms with van der Waals surface area (Å²) < 4.78 is 10.1. The Morgan fingerprint density at radius 3 is 2.75 bits per heavy atom. The molecule has 0 bridgehead atoms. The Morgan fingerprint density at radius 2 is 2.05 bits per heavy atom. The minimum absolute atomic E-state index is 0.0219. The number of amides is 1. The lowest BCUT2D eigenvalue weighted by atomic mass is 10.1. The van der Waals surface area contributed by atoms with Gasteiger partial charge in [0.25, 0.3) is 0 Å². The highest BCUT2D eigenvalue weighted by Gasteiger charge is 2.05. The Kier molecular flexibility index (Phi) is 8.62. The average molecular weight is 320 g/mol. The molecular weight excluding hydrogens is 301 g/mol. The van der Waals surface area contributed by atoms with Gasteiger partial charge in [0.2, 0.25) is 5.91 Å². The van der Waals surface area contributed by atoms with Crippen LogP contribution in [0.5, 0.6) is 0 Å². The van der Waals surface area contributed by atoms with Crippen LogP contribution in [0.3, 0.4) is 0 Å². The van der Waals surface area contributed by atoms with Gasteiger partial charge in [-0.25, -0.2) is 0 Å². The maximum absolute atomic E-state index is 11.6. The van der Waals surface area contributed by atoms with E-state index in [1.165, 1.54) is 0 Å². The van der Waals surface area contributed by atoms with E-state index in [9.17, 15) is 4.79 Å². The van der Waals surface area contributed by atoms with E-state index in [0.29, 0.717) is 49.3 Å². The zero-order chi connectivity index (χ0) is 14.8. The maximum atomic E-state index is 11.6. The molecule has 0 atom stereocenters. The van der Waals surface area contributed by atoms with Crippen molar-refractivity contribution in [2.24, 2.45) is 0 Å². The van der Waals surface area contributed by atoms with E-state index in [-0.39, 0.29) is 5.91 Å². The summed E-state index contributed by atoms with van der Waals surface area (Å²) in [5.41, 5.74) is 0.919. The van der Waals surface area contributed by atoms with E-state index in [4.69, 9.17) is 32.7 Å². The van der Waals surface area contributed by atoms with Crippen LogP contribution in [0.4, 0.5) is 0 Å². The second-order valence-electron chi connectivity index (χ2n) is 4.19. The number of hydrogen-bond acceptors (Lipinski definition) is 3. The van der Waals surface area contributed by atoms with Crippen LogP contribution in [-0.2, 0) is 20.7 Å². The summed E-state index contributed by atoms with van der Waals surface area (Å²) in [5.74, 6) is -0.0219. The fourth-order valence-electron chi connectivity index (χ4n) is 1.57. The summed E-state index contributed by atoms with van der Waals surface area (Å²) >= 11 is 11.9. The highest BCUT2D eigenvalue weighted by Crippen LogP contribution is 2.21. The van der Waals surface area contributed by atoms with Crippen LogP contribution in [0.2, 0.25) is 10.0 Å². The minimum atomic E-state index is -0.0219. The molecule has 0 spiro atoms. The fraction of sp³-hybridized carbons (Fsp3) is 0.500. The van der Waals surface area contributed by atoms with Gasteiger partial charge < -0.3 is 14.8 Å². The number of benzene rings is 1. The molecule has 0 fully saturated rings. The fourth-order valence-corrected chi connectivity index (χ4v) is 2.07. The number of nitrogens with one attached hydrogen (secondary N) is 1. The Morgan fingerprint density at radius 1 is 1.25 bits per heavy atom. The van der Waals surface area contributed by atoms with Crippen LogP contribution in [0.25, 0.3) is 0 Å². The molecule has 20 heavy (non-hydrogen) atoms. The van der Waals surface area contributed by atoms with Crippen LogP contribution in [0.1, 0.15) is 12.0 Å². The molecular formula is C14H19Cl2NO3. The van der Waals surface area contributed by atoms with Gasteiger partial charge in [-0.1, -0.05) is 29.3 Å². The number of hydrogen-bond donors (Lipinski definition) is 1. The first kappa shape index (κ1) is 17.2. The van der Waals surface area contributed by atoms with Gasteiger partial charge in [-0.05, 0) is 24.1 Å². The van der Waals surface area contributed by atoms with Crippen molar-refractivity contribution < 1.29 is 14.3 Å². The van der Waals surface area contributed by atoms with E-state index in [2.05, 4.69) is 5.32 Å². The Bertz CT molecular complexity index is 427. The lowest BCUT2D eigenvalue weighted by molar-refractivity contribution is -0.121. The molecule has 0 heterocycles. The first-order valence-corrected chi connectivity index (χ1v) is 7.16. The van der Waals surface area contributed by atoms with Crippen molar-refractivity contribution in [2.75, 3.05) is 33.5 Å². The number of ether oxygens (including phenoxy) is 2. The molecule has 0 saturated carbocycles. The van der Waals surface area contributed by atoms with Crippen LogP contribution < -0.4 is 5.32 Å². The van der Waals surface area contributed by atoms with Crippen LogP contribution in [0.15, 0.2) is 18.2 Å². The van der Waals surface area contributed by atoms with E-state index >= 15 is 0 Å². The van der Waals surface area contributed by atoms with Crippen molar-refractivity contribution in [3.63, 3.8) is 0 Å². The molecule has 4 nitrogen and oxygen atoms in total. The molecule has 0 radical (unpaired) electrons. The number of rotatable bonds is 9. The summed E-state index contributed by atoms with van der Waals surface area (Å²) in [5, 5.41) is 3.97. The van der Waals surface area contributed by atoms with Gasteiger partial charge in [0.15, 0.2) is 0 Å². The van der Waals surface area contributed by atoms with E-state index in [1.54, 1.807) is 19.2 Å². The number of carbonyl (C=O) groups excluding carboxylic acids is 1. The van der Waals surface area contributed by atoms with Crippen molar-refractivity contribution in [1.29, 1.82) is 0 Å². The molecule has 0 saturated heterocycles. The van der Waals surface area contributed by atoms with Crippen LogP contribution in [-0.4, -0.2) is 39.4 Å². The van der Waals surface area contributed by atoms with Gasteiger partial charge in [0, 0.05) is 30.1 Å². The summed E-state index contributed by atoms with van der Waals surface area (Å²) in [6.07, 6.45) is 0.978. The van der Waals surface area contributed by atoms with Crippen molar-refractivity contribution >= 4 is 29.1 Å². The number of aryl methyl sites for hydroxylation is 1. The summed E-state index contributed by atoms with van der Waals surface area (Å²) in [7, 11) is 1.62. The molecule has 0 aliphatic rings. The van der Waals surface area contributed by atoms with Gasteiger partial charge in [0.1, 0.15) is 0 Å². The Balaban J connectivity index is 2.16.